The summed E-state index contributed by atoms with van der Waals surface area (Å²) in [7, 11) is 1.74. The number of aliphatic hydroxyl groups excluding tert-OH is 1. The van der Waals surface area contributed by atoms with E-state index in [1.165, 1.54) is 0 Å². The lowest BCUT2D eigenvalue weighted by molar-refractivity contribution is -0.139. The predicted octanol–water partition coefficient (Wildman–Crippen LogP) is 0.930. The van der Waals surface area contributed by atoms with E-state index in [0.717, 1.165) is 19.4 Å². The van der Waals surface area contributed by atoms with Gasteiger partial charge in [-0.05, 0) is 24.9 Å². The van der Waals surface area contributed by atoms with Crippen molar-refractivity contribution < 1.29 is 9.90 Å². The highest BCUT2D eigenvalue weighted by Gasteiger charge is 2.24. The summed E-state index contributed by atoms with van der Waals surface area (Å²) in [6.07, 6.45) is 1.20. The van der Waals surface area contributed by atoms with Crippen LogP contribution in [0.1, 0.15) is 24.5 Å². The minimum atomic E-state index is -1.06. The number of aliphatic hydroxyl groups is 1. The molecule has 1 aromatic rings. The molecule has 0 aromatic heterocycles. The number of carbonyl (C=O) groups is 1. The Morgan fingerprint density at radius 1 is 1.50 bits per heavy atom. The van der Waals surface area contributed by atoms with Crippen molar-refractivity contribution in [2.75, 3.05) is 20.1 Å². The number of nitrogens with one attached hydrogen (secondary N) is 1. The zero-order chi connectivity index (χ0) is 13.0. The summed E-state index contributed by atoms with van der Waals surface area (Å²) >= 11 is 0. The smallest absolute Gasteiger partial charge is 0.255 e. The van der Waals surface area contributed by atoms with Gasteiger partial charge in [0.05, 0.1) is 0 Å². The Hall–Kier alpha value is -1.39. The summed E-state index contributed by atoms with van der Waals surface area (Å²) in [5, 5.41) is 13.4. The highest BCUT2D eigenvalue weighted by Crippen LogP contribution is 2.15. The SMILES string of the molecule is CN(CC1CCCN1)C(=O)C(O)c1ccccc1. The molecule has 1 saturated heterocycles. The van der Waals surface area contributed by atoms with Crippen molar-refractivity contribution in [1.82, 2.24) is 10.2 Å². The van der Waals surface area contributed by atoms with Gasteiger partial charge in [0.1, 0.15) is 0 Å². The fourth-order valence-corrected chi connectivity index (χ4v) is 2.32. The molecule has 0 spiro atoms. The van der Waals surface area contributed by atoms with Crippen LogP contribution in [0, 0.1) is 0 Å². The second kappa shape index (κ2) is 5.98. The molecule has 1 aliphatic rings. The topological polar surface area (TPSA) is 52.6 Å². The van der Waals surface area contributed by atoms with Crippen LogP contribution in [0.25, 0.3) is 0 Å². The molecule has 1 heterocycles. The zero-order valence-corrected chi connectivity index (χ0v) is 10.7. The molecule has 2 atom stereocenters. The summed E-state index contributed by atoms with van der Waals surface area (Å²) in [5.74, 6) is -0.241. The van der Waals surface area contributed by atoms with Gasteiger partial charge in [-0.25, -0.2) is 0 Å². The van der Waals surface area contributed by atoms with Crippen molar-refractivity contribution in [2.24, 2.45) is 0 Å². The van der Waals surface area contributed by atoms with E-state index in [-0.39, 0.29) is 5.91 Å². The Kier molecular flexibility index (Phi) is 4.33. The van der Waals surface area contributed by atoms with E-state index < -0.39 is 6.10 Å². The maximum absolute atomic E-state index is 12.1. The van der Waals surface area contributed by atoms with Crippen molar-refractivity contribution >= 4 is 5.91 Å². The van der Waals surface area contributed by atoms with Crippen molar-refractivity contribution in [1.29, 1.82) is 0 Å². The molecule has 18 heavy (non-hydrogen) atoms. The molecule has 0 aliphatic carbocycles. The second-order valence-corrected chi connectivity index (χ2v) is 4.83. The number of hydrogen-bond donors (Lipinski definition) is 2. The van der Waals surface area contributed by atoms with E-state index in [4.69, 9.17) is 0 Å². The maximum Gasteiger partial charge on any atom is 0.255 e. The Labute approximate surface area is 108 Å². The van der Waals surface area contributed by atoms with Gasteiger partial charge >= 0.3 is 0 Å². The fraction of sp³-hybridized carbons (Fsp3) is 0.500. The highest BCUT2D eigenvalue weighted by atomic mass is 16.3. The van der Waals surface area contributed by atoms with Crippen LogP contribution < -0.4 is 5.32 Å². The standard InChI is InChI=1S/C14H20N2O2/c1-16(10-12-8-5-9-15-12)14(18)13(17)11-6-3-2-4-7-11/h2-4,6-7,12-13,15,17H,5,8-10H2,1H3. The van der Waals surface area contributed by atoms with Crippen LogP contribution in [0.5, 0.6) is 0 Å². The quantitative estimate of drug-likeness (QED) is 0.833. The molecule has 2 N–H and O–H groups in total. The molecule has 0 saturated carbocycles. The van der Waals surface area contributed by atoms with Gasteiger partial charge < -0.3 is 15.3 Å². The summed E-state index contributed by atoms with van der Waals surface area (Å²) in [6.45, 7) is 1.68. The molecule has 0 radical (unpaired) electrons. The number of likely N-dealkylation sites (N-methyl/N-ethyl adjacent to an activating group) is 1. The second-order valence-electron chi connectivity index (χ2n) is 4.83. The van der Waals surface area contributed by atoms with Gasteiger partial charge in [-0.2, -0.15) is 0 Å². The van der Waals surface area contributed by atoms with E-state index in [0.29, 0.717) is 18.2 Å². The molecule has 2 rings (SSSR count). The monoisotopic (exact) mass is 248 g/mol. The number of benzene rings is 1. The fourth-order valence-electron chi connectivity index (χ4n) is 2.32. The molecule has 1 aliphatic heterocycles. The van der Waals surface area contributed by atoms with Gasteiger partial charge in [-0.1, -0.05) is 30.3 Å². The molecule has 2 unspecified atom stereocenters. The van der Waals surface area contributed by atoms with E-state index >= 15 is 0 Å². The Balaban J connectivity index is 1.93. The third-order valence-corrected chi connectivity index (χ3v) is 3.38. The molecule has 0 bridgehead atoms. The van der Waals surface area contributed by atoms with Crippen LogP contribution in [-0.4, -0.2) is 42.1 Å². The minimum absolute atomic E-state index is 0.241. The van der Waals surface area contributed by atoms with E-state index in [1.807, 2.05) is 18.2 Å². The Morgan fingerprint density at radius 3 is 2.83 bits per heavy atom. The third-order valence-electron chi connectivity index (χ3n) is 3.38. The molecule has 1 amide bonds. The van der Waals surface area contributed by atoms with Crippen LogP contribution in [0.4, 0.5) is 0 Å². The predicted molar refractivity (Wildman–Crippen MR) is 70.1 cm³/mol. The average Bonchev–Trinajstić information content (AvgIpc) is 2.91. The summed E-state index contributed by atoms with van der Waals surface area (Å²) in [5.41, 5.74) is 0.647. The highest BCUT2D eigenvalue weighted by molar-refractivity contribution is 5.81. The molecule has 1 fully saturated rings. The first-order chi connectivity index (χ1) is 8.68. The number of nitrogens with zero attached hydrogens (tertiary/aromatic N) is 1. The zero-order valence-electron chi connectivity index (χ0n) is 10.7. The Morgan fingerprint density at radius 2 is 2.22 bits per heavy atom. The first kappa shape index (κ1) is 13.1. The number of hydrogen-bond acceptors (Lipinski definition) is 3. The molecule has 4 nitrogen and oxygen atoms in total. The van der Waals surface area contributed by atoms with Crippen molar-refractivity contribution in [2.45, 2.75) is 25.0 Å². The van der Waals surface area contributed by atoms with Crippen LogP contribution in [0.3, 0.4) is 0 Å². The van der Waals surface area contributed by atoms with Gasteiger partial charge in [0.2, 0.25) is 0 Å². The number of amides is 1. The van der Waals surface area contributed by atoms with Crippen molar-refractivity contribution in [3.05, 3.63) is 35.9 Å². The molecular formula is C14H20N2O2. The lowest BCUT2D eigenvalue weighted by atomic mass is 10.1. The van der Waals surface area contributed by atoms with Gasteiger partial charge in [-0.3, -0.25) is 4.79 Å². The van der Waals surface area contributed by atoms with Crippen molar-refractivity contribution in [3.63, 3.8) is 0 Å². The average molecular weight is 248 g/mol. The third kappa shape index (κ3) is 3.09. The normalized spacial score (nSPS) is 20.7. The van der Waals surface area contributed by atoms with E-state index in [9.17, 15) is 9.90 Å². The largest absolute Gasteiger partial charge is 0.378 e. The minimum Gasteiger partial charge on any atom is -0.378 e. The lowest BCUT2D eigenvalue weighted by Crippen LogP contribution is -2.40. The van der Waals surface area contributed by atoms with E-state index in [2.05, 4.69) is 5.32 Å². The first-order valence-electron chi connectivity index (χ1n) is 6.40. The summed E-state index contributed by atoms with van der Waals surface area (Å²) < 4.78 is 0. The van der Waals surface area contributed by atoms with Gasteiger partial charge in [0.15, 0.2) is 6.10 Å². The van der Waals surface area contributed by atoms with Gasteiger partial charge in [0, 0.05) is 19.6 Å². The van der Waals surface area contributed by atoms with Crippen LogP contribution in [0.15, 0.2) is 30.3 Å². The number of rotatable bonds is 4. The van der Waals surface area contributed by atoms with Gasteiger partial charge in [0.25, 0.3) is 5.91 Å². The molecule has 1 aromatic carbocycles. The molecular weight excluding hydrogens is 228 g/mol. The van der Waals surface area contributed by atoms with Crippen LogP contribution in [0.2, 0.25) is 0 Å². The lowest BCUT2D eigenvalue weighted by Gasteiger charge is -2.24. The van der Waals surface area contributed by atoms with Gasteiger partial charge in [-0.15, -0.1) is 0 Å². The summed E-state index contributed by atoms with van der Waals surface area (Å²) in [6, 6.07) is 9.41. The first-order valence-corrected chi connectivity index (χ1v) is 6.40. The summed E-state index contributed by atoms with van der Waals surface area (Å²) in [4.78, 5) is 13.7. The Bertz CT molecular complexity index is 388. The molecule has 4 heteroatoms. The number of carbonyl (C=O) groups excluding carboxylic acids is 1. The molecule has 98 valence electrons. The maximum atomic E-state index is 12.1. The van der Waals surface area contributed by atoms with Crippen LogP contribution in [-0.2, 0) is 4.79 Å². The van der Waals surface area contributed by atoms with Crippen LogP contribution >= 0.6 is 0 Å². The van der Waals surface area contributed by atoms with E-state index in [1.54, 1.807) is 24.1 Å². The van der Waals surface area contributed by atoms with Crippen molar-refractivity contribution in [3.8, 4) is 0 Å².